The summed E-state index contributed by atoms with van der Waals surface area (Å²) in [6.07, 6.45) is 2.98. The smallest absolute Gasteiger partial charge is 0.204 e. The maximum atomic E-state index is 9.54. The average Bonchev–Trinajstić information content (AvgIpc) is 3.10. The lowest BCUT2D eigenvalue weighted by molar-refractivity contribution is -0.106. The molecular formula is C13H20N2O3. The summed E-state index contributed by atoms with van der Waals surface area (Å²) < 4.78 is 5.74. The molecule has 5 heteroatoms. The standard InChI is InChI=1S/C12H17NO2.CH3NO/c1-7-5-10(6-11(14)12(7)13)15-8(2)9-3-4-9;2-1-3/h5-6,8-9,14H,3-4,13H2,1-2H3;1H,(H2,2,3)/t8-;/m0./s1. The minimum Gasteiger partial charge on any atom is -0.506 e. The number of hydrogen-bond acceptors (Lipinski definition) is 4. The summed E-state index contributed by atoms with van der Waals surface area (Å²) in [4.78, 5) is 8.58. The van der Waals surface area contributed by atoms with Gasteiger partial charge in [0.05, 0.1) is 11.8 Å². The Bertz CT molecular complexity index is 394. The number of phenolic OH excluding ortho intramolecular Hbond substituents is 1. The van der Waals surface area contributed by atoms with Crippen LogP contribution in [0.2, 0.25) is 0 Å². The number of carbonyl (C=O) groups excluding carboxylic acids is 1. The molecule has 1 amide bonds. The Balaban J connectivity index is 0.000000492. The average molecular weight is 252 g/mol. The van der Waals surface area contributed by atoms with Crippen LogP contribution in [0.25, 0.3) is 0 Å². The largest absolute Gasteiger partial charge is 0.506 e. The van der Waals surface area contributed by atoms with Crippen molar-refractivity contribution in [2.24, 2.45) is 11.7 Å². The van der Waals surface area contributed by atoms with Gasteiger partial charge in [-0.05, 0) is 44.2 Å². The van der Waals surface area contributed by atoms with E-state index in [2.05, 4.69) is 12.7 Å². The maximum absolute atomic E-state index is 9.54. The number of amides is 1. The summed E-state index contributed by atoms with van der Waals surface area (Å²) in [5.74, 6) is 1.50. The van der Waals surface area contributed by atoms with E-state index in [4.69, 9.17) is 15.3 Å². The van der Waals surface area contributed by atoms with Crippen molar-refractivity contribution >= 4 is 12.1 Å². The van der Waals surface area contributed by atoms with Crippen LogP contribution < -0.4 is 16.2 Å². The minimum absolute atomic E-state index is 0.105. The lowest BCUT2D eigenvalue weighted by atomic mass is 10.1. The second kappa shape index (κ2) is 6.14. The van der Waals surface area contributed by atoms with Crippen LogP contribution in [-0.4, -0.2) is 17.6 Å². The van der Waals surface area contributed by atoms with Gasteiger partial charge in [-0.25, -0.2) is 0 Å². The number of rotatable bonds is 3. The Morgan fingerprint density at radius 3 is 2.50 bits per heavy atom. The Kier molecular flexibility index (Phi) is 4.83. The topological polar surface area (TPSA) is 98.6 Å². The van der Waals surface area contributed by atoms with Gasteiger partial charge in [-0.1, -0.05) is 0 Å². The fraction of sp³-hybridized carbons (Fsp3) is 0.462. The highest BCUT2D eigenvalue weighted by Crippen LogP contribution is 2.36. The third kappa shape index (κ3) is 3.84. The number of primary amides is 1. The number of nitrogen functional groups attached to an aromatic ring is 1. The molecule has 0 radical (unpaired) electrons. The van der Waals surface area contributed by atoms with Crippen LogP contribution in [0.3, 0.4) is 0 Å². The van der Waals surface area contributed by atoms with Crippen molar-refractivity contribution in [3.8, 4) is 11.5 Å². The van der Waals surface area contributed by atoms with E-state index >= 15 is 0 Å². The summed E-state index contributed by atoms with van der Waals surface area (Å²) in [7, 11) is 0. The number of ether oxygens (including phenoxy) is 1. The molecular weight excluding hydrogens is 232 g/mol. The zero-order valence-electron chi connectivity index (χ0n) is 10.7. The molecule has 0 spiro atoms. The van der Waals surface area contributed by atoms with Crippen molar-refractivity contribution in [1.82, 2.24) is 0 Å². The van der Waals surface area contributed by atoms with Gasteiger partial charge in [0.2, 0.25) is 6.41 Å². The number of phenols is 1. The van der Waals surface area contributed by atoms with Gasteiger partial charge in [-0.2, -0.15) is 0 Å². The van der Waals surface area contributed by atoms with E-state index in [1.54, 1.807) is 6.07 Å². The van der Waals surface area contributed by atoms with Gasteiger partial charge in [-0.3, -0.25) is 4.79 Å². The van der Waals surface area contributed by atoms with Gasteiger partial charge < -0.3 is 21.3 Å². The molecule has 1 aliphatic rings. The second-order valence-corrected chi connectivity index (χ2v) is 4.47. The molecule has 5 N–H and O–H groups in total. The van der Waals surface area contributed by atoms with Crippen LogP contribution in [0.15, 0.2) is 12.1 Å². The molecule has 100 valence electrons. The van der Waals surface area contributed by atoms with Crippen molar-refractivity contribution in [1.29, 1.82) is 0 Å². The second-order valence-electron chi connectivity index (χ2n) is 4.47. The van der Waals surface area contributed by atoms with E-state index in [0.717, 1.165) is 5.56 Å². The quantitative estimate of drug-likeness (QED) is 0.432. The molecule has 1 aliphatic carbocycles. The van der Waals surface area contributed by atoms with Crippen LogP contribution in [0, 0.1) is 12.8 Å². The van der Waals surface area contributed by atoms with E-state index in [1.807, 2.05) is 13.0 Å². The van der Waals surface area contributed by atoms with E-state index in [0.29, 0.717) is 17.4 Å². The number of aryl methyl sites for hydroxylation is 1. The third-order valence-corrected chi connectivity index (χ3v) is 2.95. The molecule has 0 aromatic heterocycles. The number of anilines is 1. The first kappa shape index (κ1) is 14.2. The molecule has 2 rings (SSSR count). The molecule has 0 heterocycles. The number of aromatic hydroxyl groups is 1. The highest BCUT2D eigenvalue weighted by atomic mass is 16.5. The molecule has 0 bridgehead atoms. The van der Waals surface area contributed by atoms with Crippen LogP contribution in [-0.2, 0) is 4.79 Å². The van der Waals surface area contributed by atoms with Gasteiger partial charge in [0.25, 0.3) is 0 Å². The van der Waals surface area contributed by atoms with Crippen molar-refractivity contribution in [2.45, 2.75) is 32.8 Å². The number of nitrogens with two attached hydrogens (primary N) is 2. The highest BCUT2D eigenvalue weighted by Gasteiger charge is 2.29. The van der Waals surface area contributed by atoms with Gasteiger partial charge >= 0.3 is 0 Å². The van der Waals surface area contributed by atoms with E-state index < -0.39 is 0 Å². The van der Waals surface area contributed by atoms with Crippen LogP contribution in [0.5, 0.6) is 11.5 Å². The summed E-state index contributed by atoms with van der Waals surface area (Å²) in [5, 5.41) is 9.54. The number of hydrogen-bond donors (Lipinski definition) is 3. The molecule has 1 aromatic carbocycles. The number of benzene rings is 1. The highest BCUT2D eigenvalue weighted by molar-refractivity contribution is 5.60. The molecule has 18 heavy (non-hydrogen) atoms. The predicted octanol–water partition coefficient (Wildman–Crippen LogP) is 1.56. The van der Waals surface area contributed by atoms with Crippen molar-refractivity contribution in [2.75, 3.05) is 5.73 Å². The maximum Gasteiger partial charge on any atom is 0.204 e. The van der Waals surface area contributed by atoms with E-state index in [1.165, 1.54) is 12.8 Å². The molecule has 1 atom stereocenters. The Morgan fingerprint density at radius 2 is 2.06 bits per heavy atom. The lowest BCUT2D eigenvalue weighted by Gasteiger charge is -2.15. The number of carbonyl (C=O) groups is 1. The molecule has 5 nitrogen and oxygen atoms in total. The zero-order valence-corrected chi connectivity index (χ0v) is 10.7. The van der Waals surface area contributed by atoms with Crippen LogP contribution in [0.4, 0.5) is 5.69 Å². The minimum atomic E-state index is 0.105. The predicted molar refractivity (Wildman–Crippen MR) is 70.3 cm³/mol. The third-order valence-electron chi connectivity index (χ3n) is 2.95. The summed E-state index contributed by atoms with van der Waals surface area (Å²) in [5.41, 5.74) is 11.1. The normalized spacial score (nSPS) is 15.2. The zero-order chi connectivity index (χ0) is 13.7. The van der Waals surface area contributed by atoms with Crippen LogP contribution >= 0.6 is 0 Å². The molecule has 1 aromatic rings. The molecule has 1 saturated carbocycles. The Labute approximate surface area is 107 Å². The SMILES string of the molecule is Cc1cc(O[C@@H](C)C2CC2)cc(O)c1N.NC=O. The van der Waals surface area contributed by atoms with Crippen LogP contribution in [0.1, 0.15) is 25.3 Å². The van der Waals surface area contributed by atoms with E-state index in [-0.39, 0.29) is 18.3 Å². The van der Waals surface area contributed by atoms with Gasteiger partial charge in [-0.15, -0.1) is 0 Å². The first-order chi connectivity index (χ1) is 8.49. The summed E-state index contributed by atoms with van der Waals surface area (Å²) in [6.45, 7) is 3.93. The Morgan fingerprint density at radius 1 is 1.50 bits per heavy atom. The van der Waals surface area contributed by atoms with Crippen molar-refractivity contribution < 1.29 is 14.6 Å². The molecule has 0 saturated heterocycles. The van der Waals surface area contributed by atoms with Gasteiger partial charge in [0, 0.05) is 6.07 Å². The first-order valence-corrected chi connectivity index (χ1v) is 5.90. The fourth-order valence-electron chi connectivity index (χ4n) is 1.69. The summed E-state index contributed by atoms with van der Waals surface area (Å²) in [6, 6.07) is 3.45. The van der Waals surface area contributed by atoms with E-state index in [9.17, 15) is 5.11 Å². The molecule has 0 aliphatic heterocycles. The van der Waals surface area contributed by atoms with Gasteiger partial charge in [0.15, 0.2) is 0 Å². The fourth-order valence-corrected chi connectivity index (χ4v) is 1.69. The first-order valence-electron chi connectivity index (χ1n) is 5.90. The van der Waals surface area contributed by atoms with Crippen molar-refractivity contribution in [3.63, 3.8) is 0 Å². The molecule has 1 fully saturated rings. The lowest BCUT2D eigenvalue weighted by Crippen LogP contribution is -2.14. The Hall–Kier alpha value is -1.91. The van der Waals surface area contributed by atoms with Gasteiger partial charge in [0.1, 0.15) is 11.5 Å². The monoisotopic (exact) mass is 252 g/mol. The summed E-state index contributed by atoms with van der Waals surface area (Å²) >= 11 is 0. The van der Waals surface area contributed by atoms with Crippen molar-refractivity contribution in [3.05, 3.63) is 17.7 Å². The molecule has 0 unspecified atom stereocenters.